The predicted molar refractivity (Wildman–Crippen MR) is 222 cm³/mol. The van der Waals surface area contributed by atoms with Crippen molar-refractivity contribution in [3.63, 3.8) is 0 Å². The molecule has 0 unspecified atom stereocenters. The lowest BCUT2D eigenvalue weighted by Crippen LogP contribution is -2.52. The second kappa shape index (κ2) is 16.4. The zero-order chi connectivity index (χ0) is 39.7. The van der Waals surface area contributed by atoms with Gasteiger partial charge in [0.15, 0.2) is 0 Å². The van der Waals surface area contributed by atoms with E-state index in [-0.39, 0.29) is 29.0 Å². The van der Waals surface area contributed by atoms with Crippen LogP contribution in [-0.4, -0.2) is 104 Å². The molecule has 5 heterocycles. The second-order valence-electron chi connectivity index (χ2n) is 16.7. The fourth-order valence-electron chi connectivity index (χ4n) is 9.67. The third-order valence-electron chi connectivity index (χ3n) is 12.9. The van der Waals surface area contributed by atoms with Gasteiger partial charge < -0.3 is 24.9 Å². The van der Waals surface area contributed by atoms with Gasteiger partial charge in [-0.1, -0.05) is 17.7 Å². The van der Waals surface area contributed by atoms with Crippen LogP contribution in [0.3, 0.4) is 0 Å². The van der Waals surface area contributed by atoms with Crippen LogP contribution in [0, 0.1) is 22.7 Å². The van der Waals surface area contributed by atoms with Crippen LogP contribution in [0.25, 0.3) is 0 Å². The van der Waals surface area contributed by atoms with Crippen molar-refractivity contribution >= 4 is 58.0 Å². The molecule has 0 aromatic heterocycles. The minimum atomic E-state index is -0.481. The Morgan fingerprint density at radius 1 is 0.912 bits per heavy atom. The summed E-state index contributed by atoms with van der Waals surface area (Å²) in [6.45, 7) is 9.20. The summed E-state index contributed by atoms with van der Waals surface area (Å²) in [6.07, 6.45) is 5.92. The average Bonchev–Trinajstić information content (AvgIpc) is 3.54. The van der Waals surface area contributed by atoms with Crippen molar-refractivity contribution in [3.05, 3.63) is 82.9 Å². The van der Waals surface area contributed by atoms with Crippen LogP contribution < -0.4 is 25.3 Å². The first-order chi connectivity index (χ1) is 27.6. The van der Waals surface area contributed by atoms with Crippen LogP contribution in [0.15, 0.2) is 66.7 Å². The number of hydrogen-bond donors (Lipinski definition) is 2. The van der Waals surface area contributed by atoms with E-state index in [0.29, 0.717) is 61.6 Å². The first-order valence-corrected chi connectivity index (χ1v) is 20.8. The van der Waals surface area contributed by atoms with Gasteiger partial charge in [-0.25, -0.2) is 0 Å². The van der Waals surface area contributed by atoms with E-state index in [1.165, 1.54) is 0 Å². The zero-order valence-electron chi connectivity index (χ0n) is 32.6. The van der Waals surface area contributed by atoms with Crippen LogP contribution in [0.5, 0.6) is 0 Å². The Balaban J connectivity index is 0.775. The number of benzene rings is 3. The van der Waals surface area contributed by atoms with Gasteiger partial charge in [-0.2, -0.15) is 5.26 Å². The number of nitrogens with one attached hydrogen (secondary N) is 2. The normalized spacial score (nSPS) is 23.1. The smallest absolute Gasteiger partial charge is 0.253 e. The molecule has 5 aliphatic heterocycles. The van der Waals surface area contributed by atoms with Gasteiger partial charge in [0.1, 0.15) is 12.1 Å². The molecular formula is C44H51ClN8O4. The Bertz CT molecular complexity index is 2050. The summed E-state index contributed by atoms with van der Waals surface area (Å²) in [5.41, 5.74) is 5.28. The van der Waals surface area contributed by atoms with E-state index in [1.807, 2.05) is 59.5 Å². The number of imide groups is 1. The molecule has 57 heavy (non-hydrogen) atoms. The molecule has 3 aromatic carbocycles. The highest BCUT2D eigenvalue weighted by Gasteiger charge is 2.44. The molecule has 5 fully saturated rings. The van der Waals surface area contributed by atoms with Gasteiger partial charge in [0.25, 0.3) is 5.91 Å². The lowest BCUT2D eigenvalue weighted by Gasteiger charge is -2.40. The third-order valence-corrected chi connectivity index (χ3v) is 13.2. The summed E-state index contributed by atoms with van der Waals surface area (Å²) in [6, 6.07) is 23.6. The molecule has 4 amide bonds. The highest BCUT2D eigenvalue weighted by atomic mass is 35.5. The molecule has 3 aromatic rings. The molecule has 5 aliphatic rings. The molecule has 2 atom stereocenters. The summed E-state index contributed by atoms with van der Waals surface area (Å²) in [4.78, 5) is 61.5. The zero-order valence-corrected chi connectivity index (χ0v) is 33.3. The van der Waals surface area contributed by atoms with Crippen molar-refractivity contribution in [2.24, 2.45) is 11.3 Å². The molecule has 298 valence electrons. The first kappa shape index (κ1) is 38.7. The van der Waals surface area contributed by atoms with Crippen molar-refractivity contribution in [2.45, 2.75) is 64.0 Å². The van der Waals surface area contributed by atoms with Gasteiger partial charge in [-0.15, -0.1) is 0 Å². The Labute approximate surface area is 339 Å². The fraction of sp³-hybridized carbons (Fsp3) is 0.477. The highest BCUT2D eigenvalue weighted by Crippen LogP contribution is 2.46. The lowest BCUT2D eigenvalue weighted by molar-refractivity contribution is -0.133. The Kier molecular flexibility index (Phi) is 11.1. The number of carbonyl (C=O) groups excluding carboxylic acids is 4. The molecule has 1 spiro atoms. The van der Waals surface area contributed by atoms with Gasteiger partial charge >= 0.3 is 0 Å². The van der Waals surface area contributed by atoms with E-state index in [0.717, 1.165) is 93.1 Å². The number of rotatable bonds is 8. The standard InChI is InChI=1S/C44H51ClN8O4/c1-30-25-44(29-53(30)37-10-7-33(26-46)38(45)24-37)15-19-50(20-16-44)35-8-5-32(6-9-35)43(57)51-17-13-31(14-18-51)27-49-21-22-52(41(55)28-49)36-4-2-3-34(23-36)47-39-11-12-40(54)48-42(39)56/h2-10,23-24,30-31,39,47H,11-22,25,27-29H2,1H3,(H,48,54,56)/t30-,39+/m0/s1. The molecule has 0 saturated carbocycles. The van der Waals surface area contributed by atoms with Gasteiger partial charge in [0.05, 0.1) is 17.1 Å². The quantitative estimate of drug-likeness (QED) is 0.284. The number of hydrogen-bond acceptors (Lipinski definition) is 9. The van der Waals surface area contributed by atoms with E-state index >= 15 is 0 Å². The molecule has 5 saturated heterocycles. The van der Waals surface area contributed by atoms with Crippen molar-refractivity contribution < 1.29 is 19.2 Å². The topological polar surface area (TPSA) is 132 Å². The predicted octanol–water partition coefficient (Wildman–Crippen LogP) is 5.52. The van der Waals surface area contributed by atoms with Crippen LogP contribution in [0.2, 0.25) is 5.02 Å². The fourth-order valence-corrected chi connectivity index (χ4v) is 9.88. The monoisotopic (exact) mass is 790 g/mol. The summed E-state index contributed by atoms with van der Waals surface area (Å²) in [5, 5.41) is 15.4. The van der Waals surface area contributed by atoms with Crippen molar-refractivity contribution in [2.75, 3.05) is 78.9 Å². The summed E-state index contributed by atoms with van der Waals surface area (Å²) < 4.78 is 0. The maximum Gasteiger partial charge on any atom is 0.253 e. The van der Waals surface area contributed by atoms with E-state index in [9.17, 15) is 24.4 Å². The van der Waals surface area contributed by atoms with Crippen molar-refractivity contribution in [1.82, 2.24) is 15.1 Å². The van der Waals surface area contributed by atoms with Crippen molar-refractivity contribution in [3.8, 4) is 6.07 Å². The average molecular weight is 791 g/mol. The maximum absolute atomic E-state index is 13.6. The van der Waals surface area contributed by atoms with Gasteiger partial charge in [-0.05, 0) is 117 Å². The largest absolute Gasteiger partial charge is 0.374 e. The van der Waals surface area contributed by atoms with Crippen LogP contribution in [0.4, 0.5) is 22.7 Å². The summed E-state index contributed by atoms with van der Waals surface area (Å²) in [5.74, 6) is -0.0199. The SMILES string of the molecule is C[C@H]1CC2(CCN(c3ccc(C(=O)N4CCC(CN5CCN(c6cccc(N[C@@H]7CCC(=O)NC7=O)c6)C(=O)C5)CC4)cc3)CC2)CN1c1ccc(C#N)c(Cl)c1. The van der Waals surface area contributed by atoms with Gasteiger partial charge in [-0.3, -0.25) is 29.4 Å². The number of anilines is 4. The summed E-state index contributed by atoms with van der Waals surface area (Å²) in [7, 11) is 0. The number of carbonyl (C=O) groups is 4. The number of likely N-dealkylation sites (tertiary alicyclic amines) is 1. The van der Waals surface area contributed by atoms with Crippen LogP contribution >= 0.6 is 11.6 Å². The lowest BCUT2D eigenvalue weighted by atomic mass is 9.76. The van der Waals surface area contributed by atoms with E-state index in [4.69, 9.17) is 11.6 Å². The number of piperidine rings is 3. The van der Waals surface area contributed by atoms with Gasteiger partial charge in [0, 0.05) is 93.1 Å². The molecular weight excluding hydrogens is 740 g/mol. The molecule has 13 heteroatoms. The molecule has 2 N–H and O–H groups in total. The van der Waals surface area contributed by atoms with Gasteiger partial charge in [0.2, 0.25) is 17.7 Å². The van der Waals surface area contributed by atoms with Crippen LogP contribution in [0.1, 0.15) is 67.8 Å². The maximum atomic E-state index is 13.6. The number of amides is 4. The summed E-state index contributed by atoms with van der Waals surface area (Å²) >= 11 is 6.38. The molecule has 12 nitrogen and oxygen atoms in total. The number of nitrogens with zero attached hydrogens (tertiary/aromatic N) is 6. The first-order valence-electron chi connectivity index (χ1n) is 20.4. The Morgan fingerprint density at radius 3 is 2.37 bits per heavy atom. The number of piperazine rings is 1. The minimum Gasteiger partial charge on any atom is -0.374 e. The number of nitriles is 1. The Morgan fingerprint density at radius 2 is 1.67 bits per heavy atom. The van der Waals surface area contributed by atoms with E-state index < -0.39 is 6.04 Å². The third kappa shape index (κ3) is 8.46. The van der Waals surface area contributed by atoms with Crippen molar-refractivity contribution in [1.29, 1.82) is 5.26 Å². The van der Waals surface area contributed by atoms with Crippen LogP contribution in [-0.2, 0) is 14.4 Å². The molecule has 8 rings (SSSR count). The molecule has 0 aliphatic carbocycles. The highest BCUT2D eigenvalue weighted by molar-refractivity contribution is 6.32. The molecule has 0 radical (unpaired) electrons. The minimum absolute atomic E-state index is 0.0461. The number of halogens is 1. The van der Waals surface area contributed by atoms with E-state index in [2.05, 4.69) is 50.5 Å². The second-order valence-corrected chi connectivity index (χ2v) is 17.1. The van der Waals surface area contributed by atoms with E-state index in [1.54, 1.807) is 4.90 Å². The Hall–Kier alpha value is -5.12. The molecule has 0 bridgehead atoms.